The van der Waals surface area contributed by atoms with E-state index in [2.05, 4.69) is 10.1 Å². The summed E-state index contributed by atoms with van der Waals surface area (Å²) in [5, 5.41) is 3.81. The molecule has 2 heterocycles. The zero-order valence-corrected chi connectivity index (χ0v) is 9.72. The third kappa shape index (κ3) is 2.69. The second-order valence-corrected chi connectivity index (χ2v) is 3.97. The smallest absolute Gasteiger partial charge is 0.264 e. The highest BCUT2D eigenvalue weighted by molar-refractivity contribution is 5.26. The van der Waals surface area contributed by atoms with Crippen LogP contribution in [0.15, 0.2) is 30.7 Å². The number of pyridine rings is 1. The average molecular weight is 255 g/mol. The highest BCUT2D eigenvalue weighted by atomic mass is 19.3. The van der Waals surface area contributed by atoms with Crippen molar-refractivity contribution in [1.82, 2.24) is 14.8 Å². The van der Waals surface area contributed by atoms with Crippen LogP contribution in [0.2, 0.25) is 0 Å². The molecule has 0 aliphatic carbocycles. The van der Waals surface area contributed by atoms with Gasteiger partial charge in [-0.05, 0) is 30.2 Å². The predicted molar refractivity (Wildman–Crippen MR) is 60.2 cm³/mol. The number of hydrogen-bond acceptors (Lipinski definition) is 2. The van der Waals surface area contributed by atoms with Crippen molar-refractivity contribution in [2.75, 3.05) is 0 Å². The van der Waals surface area contributed by atoms with E-state index in [1.165, 1.54) is 12.3 Å². The van der Waals surface area contributed by atoms with Crippen molar-refractivity contribution in [2.24, 2.45) is 0 Å². The fourth-order valence-electron chi connectivity index (χ4n) is 1.62. The maximum Gasteiger partial charge on any atom is 0.289 e. The molecule has 0 aliphatic rings. The third-order valence-corrected chi connectivity index (χ3v) is 2.63. The molecule has 0 saturated heterocycles. The summed E-state index contributed by atoms with van der Waals surface area (Å²) in [6.07, 6.45) is -0.405. The quantitative estimate of drug-likeness (QED) is 0.841. The van der Waals surface area contributed by atoms with Gasteiger partial charge in [0.2, 0.25) is 0 Å². The first-order valence-corrected chi connectivity index (χ1v) is 5.43. The molecule has 96 valence electrons. The van der Waals surface area contributed by atoms with E-state index in [4.69, 9.17) is 0 Å². The average Bonchev–Trinajstić information content (AvgIpc) is 2.79. The Morgan fingerprint density at radius 3 is 2.72 bits per heavy atom. The maximum atomic E-state index is 13.0. The van der Waals surface area contributed by atoms with Gasteiger partial charge in [-0.1, -0.05) is 0 Å². The minimum atomic E-state index is -3.07. The van der Waals surface area contributed by atoms with E-state index in [-0.39, 0.29) is 0 Å². The predicted octanol–water partition coefficient (Wildman–Crippen LogP) is 2.91. The summed E-state index contributed by atoms with van der Waals surface area (Å²) in [5.41, 5.74) is 2.52. The van der Waals surface area contributed by atoms with Gasteiger partial charge in [-0.15, -0.1) is 0 Å². The van der Waals surface area contributed by atoms with Gasteiger partial charge in [-0.3, -0.25) is 4.98 Å². The molecule has 2 rings (SSSR count). The van der Waals surface area contributed by atoms with Crippen molar-refractivity contribution >= 4 is 0 Å². The maximum absolute atomic E-state index is 13.0. The van der Waals surface area contributed by atoms with Gasteiger partial charge in [0.15, 0.2) is 0 Å². The van der Waals surface area contributed by atoms with Crippen LogP contribution in [0.1, 0.15) is 23.1 Å². The molecule has 0 saturated carbocycles. The first-order valence-electron chi connectivity index (χ1n) is 5.43. The second kappa shape index (κ2) is 5.20. The molecule has 0 aliphatic heterocycles. The van der Waals surface area contributed by atoms with E-state index < -0.39 is 12.7 Å². The lowest BCUT2D eigenvalue weighted by molar-refractivity contribution is 0.000588. The summed E-state index contributed by atoms with van der Waals surface area (Å²) in [6.45, 7) is 1.90. The molecule has 0 aromatic carbocycles. The van der Waals surface area contributed by atoms with Crippen LogP contribution in [0.4, 0.5) is 13.2 Å². The number of aryl methyl sites for hydroxylation is 1. The van der Waals surface area contributed by atoms with Crippen LogP contribution < -0.4 is 0 Å². The molecule has 2 aromatic heterocycles. The SMILES string of the molecule is Cc1cnccc1Cc1ccn(C(F)C(F)F)n1. The number of nitrogens with zero attached hydrogens (tertiary/aromatic N) is 3. The van der Waals surface area contributed by atoms with E-state index in [0.717, 1.165) is 11.1 Å². The number of rotatable bonds is 4. The van der Waals surface area contributed by atoms with Crippen LogP contribution in [0.25, 0.3) is 0 Å². The van der Waals surface area contributed by atoms with E-state index in [1.807, 2.05) is 13.0 Å². The molecule has 0 fully saturated rings. The lowest BCUT2D eigenvalue weighted by atomic mass is 10.1. The Hall–Kier alpha value is -1.85. The summed E-state index contributed by atoms with van der Waals surface area (Å²) in [4.78, 5) is 3.96. The summed E-state index contributed by atoms with van der Waals surface area (Å²) in [6, 6.07) is 3.36. The molecular weight excluding hydrogens is 243 g/mol. The highest BCUT2D eigenvalue weighted by Gasteiger charge is 2.21. The Morgan fingerprint density at radius 1 is 1.28 bits per heavy atom. The minimum absolute atomic E-state index is 0.470. The lowest BCUT2D eigenvalue weighted by Gasteiger charge is -2.06. The van der Waals surface area contributed by atoms with E-state index in [9.17, 15) is 13.2 Å². The Bertz CT molecular complexity index is 525. The topological polar surface area (TPSA) is 30.7 Å². The Kier molecular flexibility index (Phi) is 3.64. The largest absolute Gasteiger partial charge is 0.289 e. The molecular formula is C12H12F3N3. The van der Waals surface area contributed by atoms with E-state index in [0.29, 0.717) is 16.8 Å². The van der Waals surface area contributed by atoms with Crippen LogP contribution in [0.5, 0.6) is 0 Å². The molecule has 18 heavy (non-hydrogen) atoms. The van der Waals surface area contributed by atoms with Gasteiger partial charge in [0.1, 0.15) is 0 Å². The van der Waals surface area contributed by atoms with Gasteiger partial charge in [-0.2, -0.15) is 5.10 Å². The summed E-state index contributed by atoms with van der Waals surface area (Å²) >= 11 is 0. The van der Waals surface area contributed by atoms with Crippen molar-refractivity contribution in [3.63, 3.8) is 0 Å². The van der Waals surface area contributed by atoms with Gasteiger partial charge in [0.25, 0.3) is 12.7 Å². The van der Waals surface area contributed by atoms with Crippen LogP contribution >= 0.6 is 0 Å². The molecule has 0 spiro atoms. The minimum Gasteiger partial charge on any atom is -0.264 e. The highest BCUT2D eigenvalue weighted by Crippen LogP contribution is 2.18. The Morgan fingerprint density at radius 2 is 2.06 bits per heavy atom. The van der Waals surface area contributed by atoms with Crippen molar-refractivity contribution in [3.8, 4) is 0 Å². The molecule has 1 atom stereocenters. The molecule has 0 radical (unpaired) electrons. The van der Waals surface area contributed by atoms with Crippen molar-refractivity contribution in [2.45, 2.75) is 26.1 Å². The first kappa shape index (κ1) is 12.6. The summed E-state index contributed by atoms with van der Waals surface area (Å²) < 4.78 is 38.0. The van der Waals surface area contributed by atoms with Crippen LogP contribution in [0, 0.1) is 6.92 Å². The van der Waals surface area contributed by atoms with Gasteiger partial charge in [0, 0.05) is 25.0 Å². The van der Waals surface area contributed by atoms with Gasteiger partial charge in [-0.25, -0.2) is 17.9 Å². The monoisotopic (exact) mass is 255 g/mol. The fourth-order valence-corrected chi connectivity index (χ4v) is 1.62. The fraction of sp³-hybridized carbons (Fsp3) is 0.333. The third-order valence-electron chi connectivity index (χ3n) is 2.63. The first-order chi connectivity index (χ1) is 8.58. The Balaban J connectivity index is 2.14. The van der Waals surface area contributed by atoms with Crippen LogP contribution in [-0.4, -0.2) is 21.2 Å². The molecule has 0 N–H and O–H groups in total. The molecule has 3 nitrogen and oxygen atoms in total. The van der Waals surface area contributed by atoms with E-state index in [1.54, 1.807) is 12.4 Å². The second-order valence-electron chi connectivity index (χ2n) is 3.97. The number of halogens is 3. The molecule has 0 bridgehead atoms. The van der Waals surface area contributed by atoms with Gasteiger partial charge in [0.05, 0.1) is 5.69 Å². The van der Waals surface area contributed by atoms with E-state index >= 15 is 0 Å². The zero-order chi connectivity index (χ0) is 13.1. The zero-order valence-electron chi connectivity index (χ0n) is 9.72. The van der Waals surface area contributed by atoms with Crippen LogP contribution in [0.3, 0.4) is 0 Å². The lowest BCUT2D eigenvalue weighted by Crippen LogP contribution is -2.13. The van der Waals surface area contributed by atoms with Crippen LogP contribution in [-0.2, 0) is 6.42 Å². The molecule has 1 unspecified atom stereocenters. The van der Waals surface area contributed by atoms with Crippen molar-refractivity contribution < 1.29 is 13.2 Å². The normalized spacial score (nSPS) is 12.9. The number of aromatic nitrogens is 3. The van der Waals surface area contributed by atoms with Crippen molar-refractivity contribution in [1.29, 1.82) is 0 Å². The van der Waals surface area contributed by atoms with Gasteiger partial charge >= 0.3 is 0 Å². The van der Waals surface area contributed by atoms with Crippen molar-refractivity contribution in [3.05, 3.63) is 47.5 Å². The van der Waals surface area contributed by atoms with Gasteiger partial charge < -0.3 is 0 Å². The standard InChI is InChI=1S/C12H12F3N3/c1-8-7-16-4-2-9(8)6-10-3-5-18(17-10)12(15)11(13)14/h2-5,7,11-12H,6H2,1H3. The molecule has 2 aromatic rings. The number of alkyl halides is 3. The summed E-state index contributed by atoms with van der Waals surface area (Å²) in [5.74, 6) is 0. The Labute approximate surface area is 102 Å². The summed E-state index contributed by atoms with van der Waals surface area (Å²) in [7, 11) is 0. The number of hydrogen-bond donors (Lipinski definition) is 0. The molecule has 6 heteroatoms. The molecule has 0 amide bonds.